The van der Waals surface area contributed by atoms with Crippen LogP contribution in [-0.2, 0) is 11.2 Å². The highest BCUT2D eigenvalue weighted by Crippen LogP contribution is 2.20. The lowest BCUT2D eigenvalue weighted by Gasteiger charge is -2.07. The highest BCUT2D eigenvalue weighted by atomic mass is 16.5. The summed E-state index contributed by atoms with van der Waals surface area (Å²) in [6.45, 7) is 3.36. The van der Waals surface area contributed by atoms with E-state index < -0.39 is 0 Å². The van der Waals surface area contributed by atoms with Gasteiger partial charge in [-0.3, -0.25) is 9.59 Å². The zero-order valence-electron chi connectivity index (χ0n) is 17.8. The van der Waals surface area contributed by atoms with Gasteiger partial charge in [-0.15, -0.1) is 0 Å². The minimum absolute atomic E-state index is 0.0396. The van der Waals surface area contributed by atoms with Gasteiger partial charge in [-0.25, -0.2) is 0 Å². The van der Waals surface area contributed by atoms with Crippen molar-refractivity contribution in [1.29, 1.82) is 0 Å². The minimum atomic E-state index is -0.271. The van der Waals surface area contributed by atoms with Gasteiger partial charge < -0.3 is 25.0 Å². The molecule has 0 unspecified atom stereocenters. The van der Waals surface area contributed by atoms with Crippen LogP contribution in [0.2, 0.25) is 0 Å². The van der Waals surface area contributed by atoms with Crippen molar-refractivity contribution in [3.05, 3.63) is 60.0 Å². The number of carbonyl (C=O) groups excluding carboxylic acids is 2. The number of nitrogens with one attached hydrogen (secondary N) is 2. The fourth-order valence-corrected chi connectivity index (χ4v) is 2.92. The smallest absolute Gasteiger partial charge is 0.251 e. The number of phenolic OH excluding ortho intramolecular Hbond substituents is 1. The third-order valence-corrected chi connectivity index (χ3v) is 4.53. The molecular formula is C23H26N4O5. The third-order valence-electron chi connectivity index (χ3n) is 4.53. The van der Waals surface area contributed by atoms with Crippen LogP contribution in [0.25, 0.3) is 11.4 Å². The maximum Gasteiger partial charge on any atom is 0.251 e. The van der Waals surface area contributed by atoms with Gasteiger partial charge in [-0.1, -0.05) is 11.2 Å². The summed E-state index contributed by atoms with van der Waals surface area (Å²) in [5.41, 5.74) is 1.19. The van der Waals surface area contributed by atoms with Crippen molar-refractivity contribution in [3.63, 3.8) is 0 Å². The van der Waals surface area contributed by atoms with Crippen LogP contribution in [0.5, 0.6) is 11.5 Å². The van der Waals surface area contributed by atoms with Crippen molar-refractivity contribution in [2.75, 3.05) is 19.7 Å². The molecule has 0 aliphatic rings. The molecule has 3 aromatic rings. The summed E-state index contributed by atoms with van der Waals surface area (Å²) >= 11 is 0. The largest absolute Gasteiger partial charge is 0.508 e. The number of rotatable bonds is 11. The van der Waals surface area contributed by atoms with Gasteiger partial charge in [0, 0.05) is 37.1 Å². The Labute approximate surface area is 185 Å². The van der Waals surface area contributed by atoms with E-state index in [4.69, 9.17) is 9.26 Å². The topological polar surface area (TPSA) is 127 Å². The van der Waals surface area contributed by atoms with E-state index in [-0.39, 0.29) is 24.0 Å². The summed E-state index contributed by atoms with van der Waals surface area (Å²) in [4.78, 5) is 28.3. The standard InChI is InChI=1S/C23H26N4O5/c1-2-31-19-9-7-16(8-10-19)22-26-21(32-27-22)12-11-20(29)24-13-4-14-25-23(30)17-5-3-6-18(28)15-17/h3,5-10,15,28H,2,4,11-14H2,1H3,(H,24,29)(H,25,30). The van der Waals surface area contributed by atoms with Crippen LogP contribution in [0.4, 0.5) is 0 Å². The number of phenols is 1. The van der Waals surface area contributed by atoms with E-state index >= 15 is 0 Å². The Kier molecular flexibility index (Phi) is 8.19. The quantitative estimate of drug-likeness (QED) is 0.393. The first kappa shape index (κ1) is 22.8. The number of aromatic nitrogens is 2. The van der Waals surface area contributed by atoms with Crippen molar-refractivity contribution in [2.24, 2.45) is 0 Å². The second kappa shape index (κ2) is 11.5. The summed E-state index contributed by atoms with van der Waals surface area (Å²) in [7, 11) is 0. The molecule has 0 atom stereocenters. The molecule has 3 N–H and O–H groups in total. The maximum absolute atomic E-state index is 12.0. The van der Waals surface area contributed by atoms with Crippen LogP contribution in [0, 0.1) is 0 Å². The molecule has 0 radical (unpaired) electrons. The lowest BCUT2D eigenvalue weighted by atomic mass is 10.2. The number of amides is 2. The van der Waals surface area contributed by atoms with Gasteiger partial charge in [0.15, 0.2) is 0 Å². The van der Waals surface area contributed by atoms with E-state index in [1.54, 1.807) is 12.1 Å². The number of carbonyl (C=O) groups is 2. The zero-order valence-corrected chi connectivity index (χ0v) is 17.8. The number of nitrogens with zero attached hydrogens (tertiary/aromatic N) is 2. The van der Waals surface area contributed by atoms with Crippen molar-refractivity contribution in [3.8, 4) is 22.9 Å². The van der Waals surface area contributed by atoms with Crippen LogP contribution in [0.15, 0.2) is 53.1 Å². The Balaban J connectivity index is 1.33. The average Bonchev–Trinajstić information content (AvgIpc) is 3.27. The van der Waals surface area contributed by atoms with Crippen molar-refractivity contribution >= 4 is 11.8 Å². The molecule has 1 aromatic heterocycles. The van der Waals surface area contributed by atoms with Crippen LogP contribution in [-0.4, -0.2) is 46.8 Å². The van der Waals surface area contributed by atoms with Crippen molar-refractivity contribution in [1.82, 2.24) is 20.8 Å². The van der Waals surface area contributed by atoms with Crippen molar-refractivity contribution < 1.29 is 24.0 Å². The Bertz CT molecular complexity index is 1030. The van der Waals surface area contributed by atoms with Gasteiger partial charge >= 0.3 is 0 Å². The minimum Gasteiger partial charge on any atom is -0.508 e. The van der Waals surface area contributed by atoms with Gasteiger partial charge in [-0.2, -0.15) is 4.98 Å². The van der Waals surface area contributed by atoms with Gasteiger partial charge in [0.2, 0.25) is 17.6 Å². The van der Waals surface area contributed by atoms with Crippen LogP contribution < -0.4 is 15.4 Å². The first-order valence-electron chi connectivity index (χ1n) is 10.4. The number of hydrogen-bond donors (Lipinski definition) is 3. The molecule has 0 aliphatic carbocycles. The molecule has 0 bridgehead atoms. The number of aromatic hydroxyl groups is 1. The summed E-state index contributed by atoms with van der Waals surface area (Å²) < 4.78 is 10.6. The lowest BCUT2D eigenvalue weighted by Crippen LogP contribution is -2.30. The summed E-state index contributed by atoms with van der Waals surface area (Å²) in [5, 5.41) is 18.9. The SMILES string of the molecule is CCOc1ccc(-c2noc(CCC(=O)NCCCNC(=O)c3cccc(O)c3)n2)cc1. The summed E-state index contributed by atoms with van der Waals surface area (Å²) in [5.74, 6) is 1.26. The molecular weight excluding hydrogens is 412 g/mol. The van der Waals surface area contributed by atoms with E-state index in [0.717, 1.165) is 11.3 Å². The van der Waals surface area contributed by atoms with E-state index in [1.807, 2.05) is 31.2 Å². The molecule has 32 heavy (non-hydrogen) atoms. The predicted molar refractivity (Wildman–Crippen MR) is 117 cm³/mol. The number of aryl methyl sites for hydroxylation is 1. The molecule has 0 spiro atoms. The normalized spacial score (nSPS) is 10.5. The summed E-state index contributed by atoms with van der Waals surface area (Å²) in [6.07, 6.45) is 1.14. The molecule has 1 heterocycles. The Morgan fingerprint density at radius 3 is 2.62 bits per heavy atom. The van der Waals surface area contributed by atoms with Gasteiger partial charge in [0.25, 0.3) is 5.91 Å². The van der Waals surface area contributed by atoms with Crippen LogP contribution in [0.1, 0.15) is 36.0 Å². The van der Waals surface area contributed by atoms with Crippen LogP contribution >= 0.6 is 0 Å². The summed E-state index contributed by atoms with van der Waals surface area (Å²) in [6, 6.07) is 13.5. The van der Waals surface area contributed by atoms with Crippen LogP contribution in [0.3, 0.4) is 0 Å². The highest BCUT2D eigenvalue weighted by molar-refractivity contribution is 5.94. The Morgan fingerprint density at radius 2 is 1.88 bits per heavy atom. The predicted octanol–water partition coefficient (Wildman–Crippen LogP) is 2.71. The number of benzene rings is 2. The molecule has 9 heteroatoms. The number of ether oxygens (including phenoxy) is 1. The monoisotopic (exact) mass is 438 g/mol. The molecule has 0 saturated carbocycles. The Hall–Kier alpha value is -3.88. The van der Waals surface area contributed by atoms with E-state index in [2.05, 4.69) is 20.8 Å². The fraction of sp³-hybridized carbons (Fsp3) is 0.304. The first-order chi connectivity index (χ1) is 15.5. The highest BCUT2D eigenvalue weighted by Gasteiger charge is 2.11. The molecule has 0 saturated heterocycles. The number of hydrogen-bond acceptors (Lipinski definition) is 7. The van der Waals surface area contributed by atoms with Gasteiger partial charge in [-0.05, 0) is 55.8 Å². The Morgan fingerprint density at radius 1 is 1.09 bits per heavy atom. The molecule has 0 aliphatic heterocycles. The molecule has 3 rings (SSSR count). The molecule has 9 nitrogen and oxygen atoms in total. The third kappa shape index (κ3) is 6.83. The molecule has 168 valence electrons. The zero-order chi connectivity index (χ0) is 22.8. The second-order valence-electron chi connectivity index (χ2n) is 6.98. The van der Waals surface area contributed by atoms with E-state index in [9.17, 15) is 14.7 Å². The maximum atomic E-state index is 12.0. The second-order valence-corrected chi connectivity index (χ2v) is 6.98. The van der Waals surface area contributed by atoms with Gasteiger partial charge in [0.05, 0.1) is 6.61 Å². The van der Waals surface area contributed by atoms with E-state index in [0.29, 0.717) is 49.8 Å². The lowest BCUT2D eigenvalue weighted by molar-refractivity contribution is -0.121. The average molecular weight is 438 g/mol. The fourth-order valence-electron chi connectivity index (χ4n) is 2.92. The molecule has 0 fully saturated rings. The van der Waals surface area contributed by atoms with E-state index in [1.165, 1.54) is 12.1 Å². The first-order valence-corrected chi connectivity index (χ1v) is 10.4. The molecule has 2 amide bonds. The van der Waals surface area contributed by atoms with Gasteiger partial charge in [0.1, 0.15) is 11.5 Å². The molecule has 2 aromatic carbocycles. The van der Waals surface area contributed by atoms with Crippen molar-refractivity contribution in [2.45, 2.75) is 26.2 Å².